The second-order valence-electron chi connectivity index (χ2n) is 3.56. The summed E-state index contributed by atoms with van der Waals surface area (Å²) in [6.07, 6.45) is 1.58. The van der Waals surface area contributed by atoms with Gasteiger partial charge in [0.2, 0.25) is 0 Å². The molecule has 0 spiro atoms. The Morgan fingerprint density at radius 1 is 1.53 bits per heavy atom. The van der Waals surface area contributed by atoms with Crippen molar-refractivity contribution in [2.75, 3.05) is 6.61 Å². The first-order valence-corrected chi connectivity index (χ1v) is 6.40. The van der Waals surface area contributed by atoms with E-state index in [1.807, 2.05) is 0 Å². The van der Waals surface area contributed by atoms with Crippen LogP contribution in [0.4, 0.5) is 0 Å². The molecule has 6 heteroatoms. The number of carbonyl (C=O) groups excluding carboxylic acids is 1. The lowest BCUT2D eigenvalue weighted by Crippen LogP contribution is -2.22. The highest BCUT2D eigenvalue weighted by Gasteiger charge is 2.07. The first-order valence-electron chi connectivity index (χ1n) is 5.52. The van der Waals surface area contributed by atoms with Gasteiger partial charge >= 0.3 is 0 Å². The van der Waals surface area contributed by atoms with Gasteiger partial charge in [-0.05, 0) is 18.2 Å². The number of aromatic nitrogens is 2. The van der Waals surface area contributed by atoms with Gasteiger partial charge in [-0.1, -0.05) is 11.8 Å². The van der Waals surface area contributed by atoms with Crippen molar-refractivity contribution in [1.82, 2.24) is 15.5 Å². The van der Waals surface area contributed by atoms with E-state index in [1.165, 1.54) is 11.3 Å². The summed E-state index contributed by atoms with van der Waals surface area (Å²) in [7, 11) is 0. The minimum Gasteiger partial charge on any atom is -0.384 e. The third-order valence-corrected chi connectivity index (χ3v) is 3.06. The Balaban J connectivity index is 1.95. The number of aliphatic hydroxyl groups excluding tert-OH is 1. The summed E-state index contributed by atoms with van der Waals surface area (Å²) in [6.45, 7) is 0.145. The van der Waals surface area contributed by atoms with E-state index < -0.39 is 0 Å². The predicted molar refractivity (Wildman–Crippen MR) is 71.5 cm³/mol. The fourth-order valence-electron chi connectivity index (χ4n) is 1.35. The van der Waals surface area contributed by atoms with Gasteiger partial charge in [-0.3, -0.25) is 4.79 Å². The predicted octanol–water partition coefficient (Wildman–Crippen LogP) is 0.812. The Bertz CT molecular complexity index is 614. The number of amides is 1. The maximum absolute atomic E-state index is 11.9. The second-order valence-corrected chi connectivity index (χ2v) is 4.47. The monoisotopic (exact) mass is 273 g/mol. The highest BCUT2D eigenvalue weighted by molar-refractivity contribution is 7.10. The zero-order chi connectivity index (χ0) is 13.5. The molecule has 2 heterocycles. The normalized spacial score (nSPS) is 9.53. The number of carbonyl (C=O) groups is 1. The van der Waals surface area contributed by atoms with Crippen LogP contribution in [0.5, 0.6) is 0 Å². The van der Waals surface area contributed by atoms with Crippen molar-refractivity contribution in [3.8, 4) is 11.8 Å². The molecule has 0 unspecified atom stereocenters. The van der Waals surface area contributed by atoms with Crippen LogP contribution in [0.2, 0.25) is 0 Å². The summed E-state index contributed by atoms with van der Waals surface area (Å²) in [5, 5.41) is 20.7. The van der Waals surface area contributed by atoms with E-state index in [4.69, 9.17) is 5.11 Å². The van der Waals surface area contributed by atoms with E-state index in [2.05, 4.69) is 27.4 Å². The topological polar surface area (TPSA) is 75.1 Å². The van der Waals surface area contributed by atoms with Crippen molar-refractivity contribution < 1.29 is 9.90 Å². The number of thiophene rings is 1. The van der Waals surface area contributed by atoms with Gasteiger partial charge in [0.15, 0.2) is 0 Å². The molecule has 2 rings (SSSR count). The standard InChI is InChI=1S/C13H11N3O2S/c17-6-2-4-12-7-10(9-19-12)13(18)14-8-11-3-1-5-15-16-11/h1,3,5,7,9,17H,6,8H2,(H,14,18). The van der Waals surface area contributed by atoms with E-state index >= 15 is 0 Å². The largest absolute Gasteiger partial charge is 0.384 e. The lowest BCUT2D eigenvalue weighted by molar-refractivity contribution is 0.0951. The SMILES string of the molecule is O=C(NCc1cccnn1)c1csc(C#CCO)c1. The summed E-state index contributed by atoms with van der Waals surface area (Å²) in [6, 6.07) is 5.25. The summed E-state index contributed by atoms with van der Waals surface area (Å²) in [5.41, 5.74) is 1.25. The van der Waals surface area contributed by atoms with E-state index in [9.17, 15) is 4.79 Å². The van der Waals surface area contributed by atoms with Crippen LogP contribution in [-0.4, -0.2) is 27.8 Å². The Kier molecular flexibility index (Phi) is 4.61. The van der Waals surface area contributed by atoms with E-state index in [1.54, 1.807) is 29.8 Å². The maximum atomic E-state index is 11.9. The lowest BCUT2D eigenvalue weighted by Gasteiger charge is -2.01. The molecule has 5 nitrogen and oxygen atoms in total. The molecule has 0 radical (unpaired) electrons. The lowest BCUT2D eigenvalue weighted by atomic mass is 10.3. The van der Waals surface area contributed by atoms with Crippen molar-refractivity contribution in [3.63, 3.8) is 0 Å². The summed E-state index contributed by atoms with van der Waals surface area (Å²) >= 11 is 1.37. The number of hydrogen-bond donors (Lipinski definition) is 2. The van der Waals surface area contributed by atoms with Crippen LogP contribution >= 0.6 is 11.3 Å². The minimum atomic E-state index is -0.188. The number of nitrogens with zero attached hydrogens (tertiary/aromatic N) is 2. The van der Waals surface area contributed by atoms with Crippen molar-refractivity contribution in [2.45, 2.75) is 6.54 Å². The van der Waals surface area contributed by atoms with Crippen LogP contribution in [0.1, 0.15) is 20.9 Å². The zero-order valence-corrected chi connectivity index (χ0v) is 10.8. The molecule has 0 bridgehead atoms. The molecule has 96 valence electrons. The van der Waals surface area contributed by atoms with Gasteiger partial charge in [0.05, 0.1) is 22.7 Å². The van der Waals surface area contributed by atoms with Gasteiger partial charge in [-0.25, -0.2) is 0 Å². The molecule has 0 fully saturated rings. The Morgan fingerprint density at radius 2 is 2.42 bits per heavy atom. The van der Waals surface area contributed by atoms with E-state index in [0.717, 1.165) is 4.88 Å². The summed E-state index contributed by atoms with van der Waals surface area (Å²) in [4.78, 5) is 12.6. The van der Waals surface area contributed by atoms with Gasteiger partial charge in [0, 0.05) is 11.6 Å². The van der Waals surface area contributed by atoms with Gasteiger partial charge in [-0.15, -0.1) is 11.3 Å². The highest BCUT2D eigenvalue weighted by atomic mass is 32.1. The molecule has 0 aliphatic rings. The maximum Gasteiger partial charge on any atom is 0.252 e. The third kappa shape index (κ3) is 3.88. The minimum absolute atomic E-state index is 0.182. The molecule has 0 saturated heterocycles. The average Bonchev–Trinajstić information content (AvgIpc) is 2.92. The molecular formula is C13H11N3O2S. The van der Waals surface area contributed by atoms with Crippen LogP contribution in [0.3, 0.4) is 0 Å². The Hall–Kier alpha value is -2.23. The summed E-state index contributed by atoms with van der Waals surface area (Å²) in [5.74, 6) is 5.12. The molecule has 0 aliphatic heterocycles. The average molecular weight is 273 g/mol. The zero-order valence-electron chi connectivity index (χ0n) is 9.96. The van der Waals surface area contributed by atoms with Crippen molar-refractivity contribution in [1.29, 1.82) is 0 Å². The van der Waals surface area contributed by atoms with Crippen molar-refractivity contribution in [3.05, 3.63) is 45.9 Å². The highest BCUT2D eigenvalue weighted by Crippen LogP contribution is 2.13. The van der Waals surface area contributed by atoms with Gasteiger partial charge < -0.3 is 10.4 Å². The molecule has 2 N–H and O–H groups in total. The van der Waals surface area contributed by atoms with Crippen LogP contribution in [-0.2, 0) is 6.54 Å². The quantitative estimate of drug-likeness (QED) is 0.812. The van der Waals surface area contributed by atoms with Gasteiger partial charge in [-0.2, -0.15) is 10.2 Å². The number of rotatable bonds is 3. The number of hydrogen-bond acceptors (Lipinski definition) is 5. The number of aliphatic hydroxyl groups is 1. The van der Waals surface area contributed by atoms with Crippen LogP contribution < -0.4 is 5.32 Å². The number of nitrogens with one attached hydrogen (secondary N) is 1. The molecule has 0 aliphatic carbocycles. The molecule has 2 aromatic rings. The van der Waals surface area contributed by atoms with Crippen LogP contribution in [0.15, 0.2) is 29.8 Å². The molecule has 0 aromatic carbocycles. The molecular weight excluding hydrogens is 262 g/mol. The van der Waals surface area contributed by atoms with Crippen LogP contribution in [0.25, 0.3) is 0 Å². The first-order chi connectivity index (χ1) is 9.29. The molecule has 2 aromatic heterocycles. The fraction of sp³-hybridized carbons (Fsp3) is 0.154. The molecule has 1 amide bonds. The van der Waals surface area contributed by atoms with Gasteiger partial charge in [0.1, 0.15) is 6.61 Å². The molecule has 0 saturated carbocycles. The Morgan fingerprint density at radius 3 is 3.16 bits per heavy atom. The molecule has 0 atom stereocenters. The van der Waals surface area contributed by atoms with E-state index in [-0.39, 0.29) is 12.5 Å². The van der Waals surface area contributed by atoms with Gasteiger partial charge in [0.25, 0.3) is 5.91 Å². The summed E-state index contributed by atoms with van der Waals surface area (Å²) < 4.78 is 0. The third-order valence-electron chi connectivity index (χ3n) is 2.21. The molecule has 19 heavy (non-hydrogen) atoms. The van der Waals surface area contributed by atoms with Crippen molar-refractivity contribution in [2.24, 2.45) is 0 Å². The van der Waals surface area contributed by atoms with E-state index in [0.29, 0.717) is 17.8 Å². The fourth-order valence-corrected chi connectivity index (χ4v) is 2.10. The Labute approximate surface area is 114 Å². The second kappa shape index (κ2) is 6.64. The van der Waals surface area contributed by atoms with Crippen LogP contribution in [0, 0.1) is 11.8 Å². The first kappa shape index (κ1) is 13.2. The smallest absolute Gasteiger partial charge is 0.252 e. The van der Waals surface area contributed by atoms with Crippen molar-refractivity contribution >= 4 is 17.2 Å².